The lowest BCUT2D eigenvalue weighted by Crippen LogP contribution is -2.29. The van der Waals surface area contributed by atoms with Gasteiger partial charge in [-0.15, -0.1) is 0 Å². The van der Waals surface area contributed by atoms with Gasteiger partial charge < -0.3 is 5.32 Å². The highest BCUT2D eigenvalue weighted by Gasteiger charge is 2.24. The Labute approximate surface area is 119 Å². The van der Waals surface area contributed by atoms with Crippen LogP contribution < -0.4 is 5.32 Å². The molecule has 1 aromatic heterocycles. The topological polar surface area (TPSA) is 29.9 Å². The highest BCUT2D eigenvalue weighted by atomic mass is 79.9. The van der Waals surface area contributed by atoms with Crippen LogP contribution in [0.5, 0.6) is 0 Å². The third kappa shape index (κ3) is 3.82. The number of halogens is 1. The molecule has 0 aromatic carbocycles. The van der Waals surface area contributed by atoms with Gasteiger partial charge in [0.1, 0.15) is 0 Å². The van der Waals surface area contributed by atoms with E-state index < -0.39 is 0 Å². The van der Waals surface area contributed by atoms with Gasteiger partial charge in [-0.25, -0.2) is 0 Å². The molecule has 0 amide bonds. The Balaban J connectivity index is 2.99. The summed E-state index contributed by atoms with van der Waals surface area (Å²) in [5, 5.41) is 8.10. The summed E-state index contributed by atoms with van der Waals surface area (Å²) < 4.78 is 3.27. The Morgan fingerprint density at radius 1 is 1.33 bits per heavy atom. The van der Waals surface area contributed by atoms with Crippen molar-refractivity contribution in [2.45, 2.75) is 59.5 Å². The molecule has 1 N–H and O–H groups in total. The molecule has 0 saturated carbocycles. The quantitative estimate of drug-likeness (QED) is 0.781. The highest BCUT2D eigenvalue weighted by Crippen LogP contribution is 2.31. The standard InChI is InChI=1S/C14H26BrN3/c1-5-8-11(4)13(16-7-3)14-12(15)10-17-18(14)9-6-2/h10-11,13,16H,5-9H2,1-4H3. The second-order valence-electron chi connectivity index (χ2n) is 4.90. The number of hydrogen-bond donors (Lipinski definition) is 1. The monoisotopic (exact) mass is 315 g/mol. The minimum atomic E-state index is 0.387. The molecule has 1 heterocycles. The third-order valence-electron chi connectivity index (χ3n) is 3.30. The number of rotatable bonds is 8. The molecule has 2 unspecified atom stereocenters. The number of aromatic nitrogens is 2. The number of nitrogens with zero attached hydrogens (tertiary/aromatic N) is 2. The fraction of sp³-hybridized carbons (Fsp3) is 0.786. The summed E-state index contributed by atoms with van der Waals surface area (Å²) >= 11 is 3.65. The fourth-order valence-corrected chi connectivity index (χ4v) is 3.02. The van der Waals surface area contributed by atoms with Crippen LogP contribution in [0.15, 0.2) is 10.7 Å². The van der Waals surface area contributed by atoms with Gasteiger partial charge >= 0.3 is 0 Å². The lowest BCUT2D eigenvalue weighted by Gasteiger charge is -2.26. The molecule has 0 aliphatic heterocycles. The van der Waals surface area contributed by atoms with Crippen LogP contribution in [0.1, 0.15) is 58.7 Å². The first-order valence-electron chi connectivity index (χ1n) is 7.10. The minimum absolute atomic E-state index is 0.387. The molecular formula is C14H26BrN3. The normalized spacial score (nSPS) is 14.7. The summed E-state index contributed by atoms with van der Waals surface area (Å²) in [6.45, 7) is 10.9. The van der Waals surface area contributed by atoms with Gasteiger partial charge in [0.15, 0.2) is 0 Å². The zero-order chi connectivity index (χ0) is 13.5. The van der Waals surface area contributed by atoms with Crippen LogP contribution in [0.2, 0.25) is 0 Å². The van der Waals surface area contributed by atoms with E-state index >= 15 is 0 Å². The van der Waals surface area contributed by atoms with Crippen LogP contribution in [0, 0.1) is 5.92 Å². The summed E-state index contributed by atoms with van der Waals surface area (Å²) in [5.74, 6) is 0.624. The van der Waals surface area contributed by atoms with E-state index in [1.54, 1.807) is 0 Å². The van der Waals surface area contributed by atoms with Gasteiger partial charge in [-0.05, 0) is 41.2 Å². The van der Waals surface area contributed by atoms with Gasteiger partial charge in [0.25, 0.3) is 0 Å². The van der Waals surface area contributed by atoms with Gasteiger partial charge in [0.05, 0.1) is 22.4 Å². The van der Waals surface area contributed by atoms with Crippen LogP contribution in [0.25, 0.3) is 0 Å². The van der Waals surface area contributed by atoms with Crippen molar-refractivity contribution in [3.63, 3.8) is 0 Å². The predicted octanol–water partition coefficient (Wildman–Crippen LogP) is 4.14. The predicted molar refractivity (Wildman–Crippen MR) is 80.7 cm³/mol. The molecule has 0 fully saturated rings. The number of hydrogen-bond acceptors (Lipinski definition) is 2. The molecule has 0 spiro atoms. The molecular weight excluding hydrogens is 290 g/mol. The molecule has 1 rings (SSSR count). The largest absolute Gasteiger partial charge is 0.309 e. The molecule has 0 aliphatic carbocycles. The zero-order valence-electron chi connectivity index (χ0n) is 12.0. The lowest BCUT2D eigenvalue weighted by atomic mass is 9.94. The molecule has 18 heavy (non-hydrogen) atoms. The second kappa shape index (κ2) is 7.95. The Kier molecular flexibility index (Phi) is 6.94. The van der Waals surface area contributed by atoms with Crippen LogP contribution in [-0.2, 0) is 6.54 Å². The SMILES string of the molecule is CCCC(C)C(NCC)c1c(Br)cnn1CCC. The maximum absolute atomic E-state index is 4.48. The smallest absolute Gasteiger partial charge is 0.0698 e. The van der Waals surface area contributed by atoms with E-state index in [-0.39, 0.29) is 0 Å². The molecule has 0 radical (unpaired) electrons. The van der Waals surface area contributed by atoms with E-state index in [0.717, 1.165) is 24.0 Å². The van der Waals surface area contributed by atoms with Gasteiger partial charge in [-0.1, -0.05) is 34.1 Å². The number of nitrogens with one attached hydrogen (secondary N) is 1. The highest BCUT2D eigenvalue weighted by molar-refractivity contribution is 9.10. The van der Waals surface area contributed by atoms with E-state index in [0.29, 0.717) is 12.0 Å². The van der Waals surface area contributed by atoms with Crippen molar-refractivity contribution < 1.29 is 0 Å². The first kappa shape index (κ1) is 15.7. The van der Waals surface area contributed by atoms with E-state index in [2.05, 4.69) is 58.7 Å². The molecule has 3 nitrogen and oxygen atoms in total. The first-order valence-corrected chi connectivity index (χ1v) is 7.89. The van der Waals surface area contributed by atoms with Crippen molar-refractivity contribution in [3.8, 4) is 0 Å². The lowest BCUT2D eigenvalue weighted by molar-refractivity contribution is 0.345. The Morgan fingerprint density at radius 2 is 2.06 bits per heavy atom. The first-order chi connectivity index (χ1) is 8.65. The second-order valence-corrected chi connectivity index (χ2v) is 5.76. The Morgan fingerprint density at radius 3 is 2.61 bits per heavy atom. The molecule has 104 valence electrons. The van der Waals surface area contributed by atoms with Crippen LogP contribution in [0.3, 0.4) is 0 Å². The van der Waals surface area contributed by atoms with Crippen LogP contribution >= 0.6 is 15.9 Å². The molecule has 1 aromatic rings. The summed E-state index contributed by atoms with van der Waals surface area (Å²) in [6.07, 6.45) is 5.50. The van der Waals surface area contributed by atoms with Gasteiger partial charge in [0, 0.05) is 6.54 Å². The molecule has 0 bridgehead atoms. The molecule has 4 heteroatoms. The van der Waals surface area contributed by atoms with E-state index in [1.165, 1.54) is 18.5 Å². The van der Waals surface area contributed by atoms with Crippen molar-refractivity contribution in [2.24, 2.45) is 5.92 Å². The zero-order valence-corrected chi connectivity index (χ0v) is 13.6. The summed E-state index contributed by atoms with van der Waals surface area (Å²) in [4.78, 5) is 0. The summed E-state index contributed by atoms with van der Waals surface area (Å²) in [7, 11) is 0. The summed E-state index contributed by atoms with van der Waals surface area (Å²) in [6, 6.07) is 0.387. The Hall–Kier alpha value is -0.350. The van der Waals surface area contributed by atoms with Gasteiger partial charge in [-0.3, -0.25) is 4.68 Å². The minimum Gasteiger partial charge on any atom is -0.309 e. The van der Waals surface area contributed by atoms with Gasteiger partial charge in [0.2, 0.25) is 0 Å². The van der Waals surface area contributed by atoms with Crippen molar-refractivity contribution in [1.29, 1.82) is 0 Å². The van der Waals surface area contributed by atoms with Crippen molar-refractivity contribution in [3.05, 3.63) is 16.4 Å². The third-order valence-corrected chi connectivity index (χ3v) is 3.91. The fourth-order valence-electron chi connectivity index (χ4n) is 2.48. The van der Waals surface area contributed by atoms with Crippen molar-refractivity contribution in [2.75, 3.05) is 6.54 Å². The Bertz CT molecular complexity index is 349. The van der Waals surface area contributed by atoms with Gasteiger partial charge in [-0.2, -0.15) is 5.10 Å². The van der Waals surface area contributed by atoms with Crippen LogP contribution in [-0.4, -0.2) is 16.3 Å². The average molecular weight is 316 g/mol. The maximum atomic E-state index is 4.48. The average Bonchev–Trinajstić information content (AvgIpc) is 2.69. The van der Waals surface area contributed by atoms with E-state index in [4.69, 9.17) is 0 Å². The van der Waals surface area contributed by atoms with E-state index in [9.17, 15) is 0 Å². The molecule has 2 atom stereocenters. The van der Waals surface area contributed by atoms with E-state index in [1.807, 2.05) is 6.20 Å². The molecule has 0 aliphatic rings. The summed E-state index contributed by atoms with van der Waals surface area (Å²) in [5.41, 5.74) is 1.31. The maximum Gasteiger partial charge on any atom is 0.0698 e. The molecule has 0 saturated heterocycles. The van der Waals surface area contributed by atoms with Crippen molar-refractivity contribution in [1.82, 2.24) is 15.1 Å². The number of aryl methyl sites for hydroxylation is 1. The van der Waals surface area contributed by atoms with Crippen LogP contribution in [0.4, 0.5) is 0 Å². The van der Waals surface area contributed by atoms with Crippen molar-refractivity contribution >= 4 is 15.9 Å².